The third kappa shape index (κ3) is 3.22. The van der Waals surface area contributed by atoms with Gasteiger partial charge in [0, 0.05) is 12.1 Å². The number of ether oxygens (including phenoxy) is 2. The smallest absolute Gasteiger partial charge is 0.325 e. The number of methoxy groups -OCH3 is 1. The first-order valence-corrected chi connectivity index (χ1v) is 6.78. The molecule has 0 saturated heterocycles. The summed E-state index contributed by atoms with van der Waals surface area (Å²) in [4.78, 5) is 23.4. The third-order valence-electron chi connectivity index (χ3n) is 3.19. The van der Waals surface area contributed by atoms with Crippen molar-refractivity contribution in [3.8, 4) is 5.75 Å². The van der Waals surface area contributed by atoms with E-state index >= 15 is 0 Å². The lowest BCUT2D eigenvalue weighted by molar-refractivity contribution is -0.140. The summed E-state index contributed by atoms with van der Waals surface area (Å²) in [5.41, 5.74) is 0.862. The zero-order valence-corrected chi connectivity index (χ0v) is 11.9. The number of alkyl halides is 1. The molecule has 1 N–H and O–H groups in total. The molecule has 0 aliphatic carbocycles. The summed E-state index contributed by atoms with van der Waals surface area (Å²) in [5, 5.41) is 1.81. The number of carbonyl (C=O) groups is 2. The molecular formula is C14H16ClNO4. The van der Waals surface area contributed by atoms with Gasteiger partial charge in [0.2, 0.25) is 5.91 Å². The van der Waals surface area contributed by atoms with Crippen molar-refractivity contribution in [2.45, 2.75) is 17.7 Å². The van der Waals surface area contributed by atoms with Crippen LogP contribution in [0.1, 0.15) is 17.9 Å². The van der Waals surface area contributed by atoms with Crippen LogP contribution >= 0.6 is 11.6 Å². The van der Waals surface area contributed by atoms with E-state index < -0.39 is 11.3 Å². The number of carbonyl (C=O) groups excluding carboxylic acids is 2. The van der Waals surface area contributed by atoms with Crippen molar-refractivity contribution in [2.75, 3.05) is 20.3 Å². The van der Waals surface area contributed by atoms with E-state index in [4.69, 9.17) is 16.3 Å². The molecule has 0 aromatic heterocycles. The SMILES string of the molecule is COC(=O)C(Cl)CNC(=O)C1CCOc2ccccc21. The van der Waals surface area contributed by atoms with Crippen molar-refractivity contribution in [1.29, 1.82) is 0 Å². The molecule has 5 nitrogen and oxygen atoms in total. The molecule has 1 aromatic carbocycles. The van der Waals surface area contributed by atoms with Crippen molar-refractivity contribution >= 4 is 23.5 Å². The highest BCUT2D eigenvalue weighted by molar-refractivity contribution is 6.30. The fourth-order valence-corrected chi connectivity index (χ4v) is 2.31. The first-order valence-electron chi connectivity index (χ1n) is 6.35. The first kappa shape index (κ1) is 14.7. The van der Waals surface area contributed by atoms with Crippen LogP contribution in [-0.4, -0.2) is 37.5 Å². The minimum absolute atomic E-state index is 0.0482. The molecule has 0 radical (unpaired) electrons. The summed E-state index contributed by atoms with van der Waals surface area (Å²) in [6.45, 7) is 0.545. The zero-order valence-electron chi connectivity index (χ0n) is 11.1. The predicted octanol–water partition coefficient (Wildman–Crippen LogP) is 1.45. The molecule has 20 heavy (non-hydrogen) atoms. The Hall–Kier alpha value is -1.75. The monoisotopic (exact) mass is 297 g/mol. The molecule has 1 heterocycles. The Bertz CT molecular complexity index is 506. The van der Waals surface area contributed by atoms with Gasteiger partial charge in [0.25, 0.3) is 0 Å². The maximum Gasteiger partial charge on any atom is 0.325 e. The van der Waals surface area contributed by atoms with E-state index in [1.54, 1.807) is 0 Å². The number of para-hydroxylation sites is 1. The number of hydrogen-bond donors (Lipinski definition) is 1. The van der Waals surface area contributed by atoms with Crippen molar-refractivity contribution < 1.29 is 19.1 Å². The lowest BCUT2D eigenvalue weighted by Gasteiger charge is -2.25. The van der Waals surface area contributed by atoms with Gasteiger partial charge < -0.3 is 14.8 Å². The number of esters is 1. The van der Waals surface area contributed by atoms with Crippen LogP contribution in [0, 0.1) is 0 Å². The third-order valence-corrected chi connectivity index (χ3v) is 3.52. The number of hydrogen-bond acceptors (Lipinski definition) is 4. The highest BCUT2D eigenvalue weighted by atomic mass is 35.5. The normalized spacial score (nSPS) is 18.4. The van der Waals surface area contributed by atoms with Gasteiger partial charge in [-0.15, -0.1) is 11.6 Å². The van der Waals surface area contributed by atoms with Gasteiger partial charge in [-0.25, -0.2) is 0 Å². The van der Waals surface area contributed by atoms with Gasteiger partial charge in [-0.2, -0.15) is 0 Å². The minimum Gasteiger partial charge on any atom is -0.493 e. The largest absolute Gasteiger partial charge is 0.493 e. The zero-order chi connectivity index (χ0) is 14.5. The molecule has 1 aromatic rings. The molecular weight excluding hydrogens is 282 g/mol. The number of fused-ring (bicyclic) bond motifs is 1. The Morgan fingerprint density at radius 2 is 2.25 bits per heavy atom. The molecule has 6 heteroatoms. The van der Waals surface area contributed by atoms with E-state index in [1.165, 1.54) is 7.11 Å². The summed E-state index contributed by atoms with van der Waals surface area (Å²) in [7, 11) is 1.26. The number of benzene rings is 1. The van der Waals surface area contributed by atoms with Gasteiger partial charge in [-0.05, 0) is 12.5 Å². The molecule has 1 aliphatic rings. The standard InChI is InChI=1S/C14H16ClNO4/c1-19-14(18)11(15)8-16-13(17)10-6-7-20-12-5-3-2-4-9(10)12/h2-5,10-11H,6-8H2,1H3,(H,16,17). The van der Waals surface area contributed by atoms with Crippen LogP contribution in [0.5, 0.6) is 5.75 Å². The number of rotatable bonds is 4. The Labute approximate surface area is 122 Å². The molecule has 0 spiro atoms. The van der Waals surface area contributed by atoms with Gasteiger partial charge >= 0.3 is 5.97 Å². The van der Waals surface area contributed by atoms with Crippen LogP contribution in [0.3, 0.4) is 0 Å². The lowest BCUT2D eigenvalue weighted by Crippen LogP contribution is -2.38. The maximum atomic E-state index is 12.2. The Morgan fingerprint density at radius 3 is 3.00 bits per heavy atom. The van der Waals surface area contributed by atoms with Gasteiger partial charge in [0.15, 0.2) is 0 Å². The van der Waals surface area contributed by atoms with Gasteiger partial charge in [-0.1, -0.05) is 18.2 Å². The van der Waals surface area contributed by atoms with Crippen LogP contribution in [0.4, 0.5) is 0 Å². The predicted molar refractivity (Wildman–Crippen MR) is 74.0 cm³/mol. The van der Waals surface area contributed by atoms with Crippen molar-refractivity contribution in [3.63, 3.8) is 0 Å². The Balaban J connectivity index is 1.99. The van der Waals surface area contributed by atoms with E-state index in [2.05, 4.69) is 10.1 Å². The summed E-state index contributed by atoms with van der Waals surface area (Å²) in [5.74, 6) is -0.259. The number of nitrogens with one attached hydrogen (secondary N) is 1. The number of amides is 1. The van der Waals surface area contributed by atoms with Crippen LogP contribution < -0.4 is 10.1 Å². The van der Waals surface area contributed by atoms with Crippen LogP contribution in [0.2, 0.25) is 0 Å². The van der Waals surface area contributed by atoms with Crippen molar-refractivity contribution in [2.24, 2.45) is 0 Å². The fourth-order valence-electron chi connectivity index (χ4n) is 2.14. The summed E-state index contributed by atoms with van der Waals surface area (Å²) >= 11 is 5.80. The highest BCUT2D eigenvalue weighted by Crippen LogP contribution is 2.33. The van der Waals surface area contributed by atoms with Crippen LogP contribution in [-0.2, 0) is 14.3 Å². The second-order valence-corrected chi connectivity index (χ2v) is 4.99. The van der Waals surface area contributed by atoms with Crippen LogP contribution in [0.15, 0.2) is 24.3 Å². The van der Waals surface area contributed by atoms with Crippen molar-refractivity contribution in [3.05, 3.63) is 29.8 Å². The van der Waals surface area contributed by atoms with E-state index in [-0.39, 0.29) is 18.4 Å². The van der Waals surface area contributed by atoms with E-state index in [0.717, 1.165) is 11.3 Å². The van der Waals surface area contributed by atoms with E-state index in [1.807, 2.05) is 24.3 Å². The quantitative estimate of drug-likeness (QED) is 0.675. The first-order chi connectivity index (χ1) is 9.63. The summed E-state index contributed by atoms with van der Waals surface area (Å²) < 4.78 is 10.0. The molecule has 2 rings (SSSR count). The molecule has 2 unspecified atom stereocenters. The summed E-state index contributed by atoms with van der Waals surface area (Å²) in [6.07, 6.45) is 0.605. The molecule has 108 valence electrons. The Kier molecular flexibility index (Phi) is 4.84. The van der Waals surface area contributed by atoms with Crippen molar-refractivity contribution in [1.82, 2.24) is 5.32 Å². The Morgan fingerprint density at radius 1 is 1.50 bits per heavy atom. The average molecular weight is 298 g/mol. The lowest BCUT2D eigenvalue weighted by atomic mass is 9.92. The average Bonchev–Trinajstić information content (AvgIpc) is 2.50. The van der Waals surface area contributed by atoms with Crippen LogP contribution in [0.25, 0.3) is 0 Å². The topological polar surface area (TPSA) is 64.6 Å². The number of halogens is 1. The van der Waals surface area contributed by atoms with Gasteiger partial charge in [-0.3, -0.25) is 9.59 Å². The molecule has 0 saturated carbocycles. The molecule has 0 fully saturated rings. The highest BCUT2D eigenvalue weighted by Gasteiger charge is 2.28. The summed E-state index contributed by atoms with van der Waals surface area (Å²) in [6, 6.07) is 7.45. The maximum absolute atomic E-state index is 12.2. The van der Waals surface area contributed by atoms with E-state index in [9.17, 15) is 9.59 Å². The molecule has 1 aliphatic heterocycles. The second-order valence-electron chi connectivity index (χ2n) is 4.46. The van der Waals surface area contributed by atoms with E-state index in [0.29, 0.717) is 13.0 Å². The fraction of sp³-hybridized carbons (Fsp3) is 0.429. The van der Waals surface area contributed by atoms with Gasteiger partial charge in [0.05, 0.1) is 19.6 Å². The molecule has 0 bridgehead atoms. The second kappa shape index (κ2) is 6.61. The molecule has 1 amide bonds. The van der Waals surface area contributed by atoms with Gasteiger partial charge in [0.1, 0.15) is 11.1 Å². The molecule has 2 atom stereocenters. The minimum atomic E-state index is -0.876.